The Labute approximate surface area is 148 Å². The zero-order chi connectivity index (χ0) is 17.7. The molecule has 0 fully saturated rings. The highest BCUT2D eigenvalue weighted by Crippen LogP contribution is 2.35. The second-order valence-corrected chi connectivity index (χ2v) is 6.04. The second kappa shape index (κ2) is 5.45. The molecular formula is C19H15N4O3+. The van der Waals surface area contributed by atoms with Crippen LogP contribution in [0.2, 0.25) is 0 Å². The Balaban J connectivity index is 1.68. The first kappa shape index (κ1) is 14.7. The van der Waals surface area contributed by atoms with E-state index in [1.165, 1.54) is 0 Å². The first-order valence-corrected chi connectivity index (χ1v) is 8.16. The van der Waals surface area contributed by atoms with Crippen LogP contribution in [0.3, 0.4) is 0 Å². The first-order valence-electron chi connectivity index (χ1n) is 8.16. The predicted molar refractivity (Wildman–Crippen MR) is 92.5 cm³/mol. The summed E-state index contributed by atoms with van der Waals surface area (Å²) < 4.78 is 13.9. The minimum Gasteiger partial charge on any atom is -0.454 e. The third-order valence-corrected chi connectivity index (χ3v) is 4.40. The van der Waals surface area contributed by atoms with Crippen LogP contribution in [0, 0.1) is 6.92 Å². The fourth-order valence-corrected chi connectivity index (χ4v) is 3.15. The van der Waals surface area contributed by atoms with Crippen LogP contribution in [0.15, 0.2) is 54.9 Å². The standard InChI is InChI=1S/C19H15N4O3/c1-12-20-16-4-3-15(13-6-8-22(24)9-7-13)21-19(16)23(12)14-2-5-17-18(10-14)26-11-25-17/h2-10,24H,11H2,1H3/q+1. The first-order chi connectivity index (χ1) is 12.7. The maximum absolute atomic E-state index is 9.41. The summed E-state index contributed by atoms with van der Waals surface area (Å²) in [6.45, 7) is 2.19. The Morgan fingerprint density at radius 3 is 2.65 bits per heavy atom. The van der Waals surface area contributed by atoms with Crippen molar-refractivity contribution in [1.29, 1.82) is 0 Å². The summed E-state index contributed by atoms with van der Waals surface area (Å²) in [7, 11) is 0. The van der Waals surface area contributed by atoms with Gasteiger partial charge in [-0.3, -0.25) is 9.77 Å². The third kappa shape index (κ3) is 2.25. The van der Waals surface area contributed by atoms with Gasteiger partial charge in [-0.15, -0.1) is 0 Å². The van der Waals surface area contributed by atoms with Gasteiger partial charge < -0.3 is 9.47 Å². The van der Waals surface area contributed by atoms with Gasteiger partial charge in [0.15, 0.2) is 17.1 Å². The van der Waals surface area contributed by atoms with Gasteiger partial charge in [0.05, 0.1) is 11.4 Å². The van der Waals surface area contributed by atoms with Crippen molar-refractivity contribution in [2.45, 2.75) is 6.92 Å². The van der Waals surface area contributed by atoms with Gasteiger partial charge in [0, 0.05) is 28.5 Å². The molecule has 5 rings (SSSR count). The van der Waals surface area contributed by atoms with Crippen molar-refractivity contribution in [3.8, 4) is 28.4 Å². The molecule has 1 aliphatic heterocycles. The molecule has 0 radical (unpaired) electrons. The smallest absolute Gasteiger partial charge is 0.231 e. The van der Waals surface area contributed by atoms with Crippen LogP contribution in [-0.2, 0) is 0 Å². The summed E-state index contributed by atoms with van der Waals surface area (Å²) in [6.07, 6.45) is 3.14. The van der Waals surface area contributed by atoms with E-state index in [1.807, 2.05) is 54.0 Å². The molecule has 0 spiro atoms. The van der Waals surface area contributed by atoms with Crippen LogP contribution >= 0.6 is 0 Å². The van der Waals surface area contributed by atoms with E-state index in [9.17, 15) is 5.21 Å². The lowest BCUT2D eigenvalue weighted by molar-refractivity contribution is -0.904. The summed E-state index contributed by atoms with van der Waals surface area (Å²) in [5.41, 5.74) is 4.21. The molecule has 0 aliphatic carbocycles. The number of imidazole rings is 1. The Hall–Kier alpha value is -3.61. The number of benzene rings is 1. The monoisotopic (exact) mass is 347 g/mol. The normalized spacial score (nSPS) is 12.7. The van der Waals surface area contributed by atoms with E-state index >= 15 is 0 Å². The fraction of sp³-hybridized carbons (Fsp3) is 0.105. The van der Waals surface area contributed by atoms with Crippen LogP contribution in [0.5, 0.6) is 11.5 Å². The molecule has 7 heteroatoms. The van der Waals surface area contributed by atoms with Crippen LogP contribution in [-0.4, -0.2) is 26.5 Å². The SMILES string of the molecule is Cc1nc2ccc(-c3cc[n+](O)cc3)nc2n1-c1ccc2c(c1)OCO2. The van der Waals surface area contributed by atoms with Gasteiger partial charge in [-0.2, -0.15) is 0 Å². The quantitative estimate of drug-likeness (QED) is 0.446. The number of aromatic nitrogens is 4. The Morgan fingerprint density at radius 2 is 1.81 bits per heavy atom. The van der Waals surface area contributed by atoms with Crippen molar-refractivity contribution >= 4 is 11.2 Å². The minimum atomic E-state index is 0.240. The molecule has 7 nitrogen and oxygen atoms in total. The molecule has 0 amide bonds. The summed E-state index contributed by atoms with van der Waals surface area (Å²) in [5.74, 6) is 2.30. The lowest BCUT2D eigenvalue weighted by Gasteiger charge is -2.08. The van der Waals surface area contributed by atoms with Crippen molar-refractivity contribution < 1.29 is 19.4 Å². The number of pyridine rings is 2. The fourth-order valence-electron chi connectivity index (χ4n) is 3.15. The van der Waals surface area contributed by atoms with Gasteiger partial charge in [0.25, 0.3) is 0 Å². The molecule has 4 aromatic rings. The number of rotatable bonds is 2. The molecule has 1 aliphatic rings. The molecule has 0 saturated heterocycles. The second-order valence-electron chi connectivity index (χ2n) is 6.04. The lowest BCUT2D eigenvalue weighted by atomic mass is 10.2. The minimum absolute atomic E-state index is 0.240. The van der Waals surface area contributed by atoms with Gasteiger partial charge in [-0.25, -0.2) is 9.97 Å². The van der Waals surface area contributed by atoms with E-state index in [-0.39, 0.29) is 6.79 Å². The summed E-state index contributed by atoms with van der Waals surface area (Å²) in [4.78, 5) is 9.42. The molecule has 0 atom stereocenters. The van der Waals surface area contributed by atoms with Gasteiger partial charge in [0.2, 0.25) is 19.2 Å². The molecule has 0 saturated carbocycles. The maximum Gasteiger partial charge on any atom is 0.231 e. The van der Waals surface area contributed by atoms with E-state index < -0.39 is 0 Å². The van der Waals surface area contributed by atoms with Gasteiger partial charge in [-0.1, -0.05) is 0 Å². The predicted octanol–water partition coefficient (Wildman–Crippen LogP) is 2.65. The average Bonchev–Trinajstić information content (AvgIpc) is 3.24. The van der Waals surface area contributed by atoms with Crippen LogP contribution in [0.4, 0.5) is 0 Å². The van der Waals surface area contributed by atoms with Crippen LogP contribution in [0.1, 0.15) is 5.82 Å². The molecule has 1 N–H and O–H groups in total. The molecule has 4 heterocycles. The van der Waals surface area contributed by atoms with Crippen molar-refractivity contribution in [3.05, 3.63) is 60.7 Å². The van der Waals surface area contributed by atoms with E-state index in [0.717, 1.165) is 50.2 Å². The van der Waals surface area contributed by atoms with Crippen molar-refractivity contribution in [2.75, 3.05) is 6.79 Å². The van der Waals surface area contributed by atoms with Crippen LogP contribution < -0.4 is 14.2 Å². The highest BCUT2D eigenvalue weighted by atomic mass is 16.7. The van der Waals surface area contributed by atoms with Crippen molar-refractivity contribution in [3.63, 3.8) is 0 Å². The molecule has 128 valence electrons. The van der Waals surface area contributed by atoms with E-state index in [4.69, 9.17) is 14.5 Å². The molecule has 26 heavy (non-hydrogen) atoms. The average molecular weight is 347 g/mol. The van der Waals surface area contributed by atoms with Crippen LogP contribution in [0.25, 0.3) is 28.1 Å². The molecular weight excluding hydrogens is 332 g/mol. The number of fused-ring (bicyclic) bond motifs is 2. The highest BCUT2D eigenvalue weighted by Gasteiger charge is 2.17. The largest absolute Gasteiger partial charge is 0.454 e. The van der Waals surface area contributed by atoms with Gasteiger partial charge >= 0.3 is 0 Å². The number of hydrogen-bond acceptors (Lipinski definition) is 5. The lowest BCUT2D eigenvalue weighted by Crippen LogP contribution is -2.27. The van der Waals surface area contributed by atoms with E-state index in [2.05, 4.69) is 4.98 Å². The highest BCUT2D eigenvalue weighted by molar-refractivity contribution is 5.78. The molecule has 1 aromatic carbocycles. The summed E-state index contributed by atoms with van der Waals surface area (Å²) >= 11 is 0. The summed E-state index contributed by atoms with van der Waals surface area (Å²) in [5, 5.41) is 9.41. The number of aryl methyl sites for hydroxylation is 1. The van der Waals surface area contributed by atoms with Gasteiger partial charge in [-0.05, 0) is 31.2 Å². The number of hydrogen-bond donors (Lipinski definition) is 1. The third-order valence-electron chi connectivity index (χ3n) is 4.40. The molecule has 0 bridgehead atoms. The summed E-state index contributed by atoms with van der Waals surface area (Å²) in [6, 6.07) is 13.3. The molecule has 3 aromatic heterocycles. The Morgan fingerprint density at radius 1 is 1.00 bits per heavy atom. The van der Waals surface area contributed by atoms with Gasteiger partial charge in [0.1, 0.15) is 11.3 Å². The van der Waals surface area contributed by atoms with Crippen molar-refractivity contribution in [2.24, 2.45) is 0 Å². The Kier molecular flexibility index (Phi) is 3.08. The maximum atomic E-state index is 9.41. The number of nitrogens with zero attached hydrogens (tertiary/aromatic N) is 4. The van der Waals surface area contributed by atoms with E-state index in [0.29, 0.717) is 0 Å². The zero-order valence-electron chi connectivity index (χ0n) is 14.0. The Bertz CT molecular complexity index is 1140. The number of ether oxygens (including phenoxy) is 2. The zero-order valence-corrected chi connectivity index (χ0v) is 14.0. The molecule has 0 unspecified atom stereocenters. The van der Waals surface area contributed by atoms with Crippen molar-refractivity contribution in [1.82, 2.24) is 14.5 Å². The topological polar surface area (TPSA) is 73.3 Å². The van der Waals surface area contributed by atoms with E-state index in [1.54, 1.807) is 12.4 Å².